The van der Waals surface area contributed by atoms with Crippen LogP contribution in [0.2, 0.25) is 5.02 Å². The van der Waals surface area contributed by atoms with E-state index in [2.05, 4.69) is 4.98 Å². The Kier molecular flexibility index (Phi) is 5.92. The number of phenolic OH excluding ortho intramolecular Hbond substituents is 1. The lowest BCUT2D eigenvalue weighted by Gasteiger charge is -2.23. The first-order valence-corrected chi connectivity index (χ1v) is 12.0. The number of aromatic hydroxyl groups is 1. The third-order valence-electron chi connectivity index (χ3n) is 5.62. The number of ketones is 1. The predicted molar refractivity (Wildman–Crippen MR) is 135 cm³/mol. The molecule has 3 aromatic carbocycles. The molecule has 1 amide bonds. The van der Waals surface area contributed by atoms with Crippen LogP contribution in [0.3, 0.4) is 0 Å². The van der Waals surface area contributed by atoms with Crippen molar-refractivity contribution in [3.05, 3.63) is 88.5 Å². The summed E-state index contributed by atoms with van der Waals surface area (Å²) < 4.78 is 6.28. The highest BCUT2D eigenvalue weighted by atomic mass is 35.5. The number of hydrogen-bond acceptors (Lipinski definition) is 7. The fourth-order valence-corrected chi connectivity index (χ4v) is 5.31. The molecule has 1 unspecified atom stereocenters. The van der Waals surface area contributed by atoms with Crippen molar-refractivity contribution in [2.45, 2.75) is 13.0 Å². The molecule has 1 saturated heterocycles. The number of halogens is 1. The number of fused-ring (bicyclic) bond motifs is 1. The summed E-state index contributed by atoms with van der Waals surface area (Å²) in [5.41, 5.74) is 1.42. The summed E-state index contributed by atoms with van der Waals surface area (Å²) in [6, 6.07) is 17.0. The van der Waals surface area contributed by atoms with Gasteiger partial charge in [-0.3, -0.25) is 14.5 Å². The Labute approximate surface area is 209 Å². The van der Waals surface area contributed by atoms with Crippen molar-refractivity contribution in [1.82, 2.24) is 4.98 Å². The number of carbonyl (C=O) groups is 2. The molecule has 4 aromatic rings. The summed E-state index contributed by atoms with van der Waals surface area (Å²) in [6.45, 7) is 2.28. The first-order valence-electron chi connectivity index (χ1n) is 10.8. The highest BCUT2D eigenvalue weighted by molar-refractivity contribution is 7.22. The molecule has 5 rings (SSSR count). The number of Topliss-reactive ketones (excluding diaryl/α,β-unsaturated/α-hetero) is 1. The van der Waals surface area contributed by atoms with Gasteiger partial charge in [0.1, 0.15) is 17.3 Å². The van der Waals surface area contributed by atoms with Crippen LogP contribution in [0.5, 0.6) is 11.5 Å². The smallest absolute Gasteiger partial charge is 0.301 e. The molecule has 0 spiro atoms. The largest absolute Gasteiger partial charge is 0.508 e. The molecule has 176 valence electrons. The van der Waals surface area contributed by atoms with Crippen LogP contribution in [0.4, 0.5) is 5.13 Å². The van der Waals surface area contributed by atoms with Gasteiger partial charge in [-0.1, -0.05) is 47.2 Å². The summed E-state index contributed by atoms with van der Waals surface area (Å²) >= 11 is 7.33. The summed E-state index contributed by atoms with van der Waals surface area (Å²) in [6.07, 6.45) is 0. The van der Waals surface area contributed by atoms with Crippen LogP contribution in [-0.2, 0) is 9.59 Å². The Hall–Kier alpha value is -3.88. The second-order valence-corrected chi connectivity index (χ2v) is 9.28. The highest BCUT2D eigenvalue weighted by Crippen LogP contribution is 2.44. The van der Waals surface area contributed by atoms with Crippen molar-refractivity contribution in [3.63, 3.8) is 0 Å². The van der Waals surface area contributed by atoms with Gasteiger partial charge in [-0.2, -0.15) is 0 Å². The van der Waals surface area contributed by atoms with Gasteiger partial charge in [0.05, 0.1) is 28.4 Å². The van der Waals surface area contributed by atoms with E-state index in [0.29, 0.717) is 39.2 Å². The van der Waals surface area contributed by atoms with Crippen LogP contribution in [0.15, 0.2) is 72.3 Å². The molecule has 1 aromatic heterocycles. The number of aliphatic hydroxyl groups is 1. The van der Waals surface area contributed by atoms with Crippen molar-refractivity contribution in [2.75, 3.05) is 11.5 Å². The Morgan fingerprint density at radius 2 is 1.89 bits per heavy atom. The lowest BCUT2D eigenvalue weighted by atomic mass is 9.95. The zero-order valence-corrected chi connectivity index (χ0v) is 20.0. The molecule has 0 radical (unpaired) electrons. The molecule has 35 heavy (non-hydrogen) atoms. The molecule has 0 bridgehead atoms. The lowest BCUT2D eigenvalue weighted by molar-refractivity contribution is -0.132. The van der Waals surface area contributed by atoms with E-state index in [4.69, 9.17) is 16.3 Å². The minimum Gasteiger partial charge on any atom is -0.508 e. The van der Waals surface area contributed by atoms with E-state index in [0.717, 1.165) is 4.70 Å². The van der Waals surface area contributed by atoms with Gasteiger partial charge in [0, 0.05) is 10.6 Å². The number of ether oxygens (including phenoxy) is 1. The maximum atomic E-state index is 13.3. The molecule has 1 fully saturated rings. The number of thiazole rings is 1. The number of aromatic nitrogens is 1. The van der Waals surface area contributed by atoms with Gasteiger partial charge >= 0.3 is 5.91 Å². The molecule has 1 aliphatic rings. The van der Waals surface area contributed by atoms with Gasteiger partial charge in [0.25, 0.3) is 5.78 Å². The van der Waals surface area contributed by atoms with E-state index in [9.17, 15) is 19.8 Å². The number of hydrogen-bond donors (Lipinski definition) is 2. The van der Waals surface area contributed by atoms with E-state index in [1.54, 1.807) is 54.6 Å². The third-order valence-corrected chi connectivity index (χ3v) is 6.87. The maximum absolute atomic E-state index is 13.3. The van der Waals surface area contributed by atoms with Gasteiger partial charge in [-0.05, 0) is 55.0 Å². The summed E-state index contributed by atoms with van der Waals surface area (Å²) in [4.78, 5) is 32.5. The normalized spacial score (nSPS) is 17.3. The number of carbonyl (C=O) groups excluding carboxylic acids is 2. The van der Waals surface area contributed by atoms with Gasteiger partial charge in [-0.25, -0.2) is 4.98 Å². The first-order chi connectivity index (χ1) is 16.9. The second-order valence-electron chi connectivity index (χ2n) is 7.83. The van der Waals surface area contributed by atoms with Crippen molar-refractivity contribution >= 4 is 55.7 Å². The van der Waals surface area contributed by atoms with Crippen LogP contribution in [0.25, 0.3) is 16.0 Å². The number of nitrogens with zero attached hydrogens (tertiary/aromatic N) is 2. The quantitative estimate of drug-likeness (QED) is 0.205. The Morgan fingerprint density at radius 3 is 2.63 bits per heavy atom. The summed E-state index contributed by atoms with van der Waals surface area (Å²) in [5.74, 6) is -1.41. The molecule has 1 atom stereocenters. The number of anilines is 1. The Morgan fingerprint density at radius 1 is 1.11 bits per heavy atom. The fraction of sp³-hybridized carbons (Fsp3) is 0.115. The Balaban J connectivity index is 1.71. The SMILES string of the molecule is CCOc1cccc(C(O)=C2C(=O)C(=O)N(c3nc4ccc(Cl)cc4s3)C2c2ccc(O)cc2)c1. The molecular formula is C26H19ClN2O5S. The first kappa shape index (κ1) is 22.9. The number of amides is 1. The molecule has 0 saturated carbocycles. The average molecular weight is 507 g/mol. The van der Waals surface area contributed by atoms with Crippen LogP contribution in [-0.4, -0.2) is 33.5 Å². The van der Waals surface area contributed by atoms with E-state index in [-0.39, 0.29) is 17.1 Å². The summed E-state index contributed by atoms with van der Waals surface area (Å²) in [7, 11) is 0. The van der Waals surface area contributed by atoms with Crippen LogP contribution < -0.4 is 9.64 Å². The Bertz CT molecular complexity index is 1500. The van der Waals surface area contributed by atoms with E-state index in [1.807, 2.05) is 6.92 Å². The van der Waals surface area contributed by atoms with Gasteiger partial charge in [0.2, 0.25) is 0 Å². The number of rotatable bonds is 5. The molecule has 2 N–H and O–H groups in total. The highest BCUT2D eigenvalue weighted by Gasteiger charge is 2.48. The van der Waals surface area contributed by atoms with Gasteiger partial charge in [-0.15, -0.1) is 0 Å². The van der Waals surface area contributed by atoms with Crippen molar-refractivity contribution in [1.29, 1.82) is 0 Å². The number of aliphatic hydroxyl groups excluding tert-OH is 1. The van der Waals surface area contributed by atoms with E-state index >= 15 is 0 Å². The van der Waals surface area contributed by atoms with Crippen LogP contribution >= 0.6 is 22.9 Å². The molecular weight excluding hydrogens is 488 g/mol. The zero-order valence-electron chi connectivity index (χ0n) is 18.4. The molecule has 7 nitrogen and oxygen atoms in total. The molecule has 1 aliphatic heterocycles. The topological polar surface area (TPSA) is 100.0 Å². The minimum absolute atomic E-state index is 0.0322. The lowest BCUT2D eigenvalue weighted by Crippen LogP contribution is -2.29. The summed E-state index contributed by atoms with van der Waals surface area (Å²) in [5, 5.41) is 21.9. The third kappa shape index (κ3) is 4.11. The predicted octanol–water partition coefficient (Wildman–Crippen LogP) is 5.68. The van der Waals surface area contributed by atoms with Crippen molar-refractivity contribution < 1.29 is 24.5 Å². The van der Waals surface area contributed by atoms with Gasteiger partial charge in [0.15, 0.2) is 5.13 Å². The zero-order chi connectivity index (χ0) is 24.7. The van der Waals surface area contributed by atoms with Crippen molar-refractivity contribution in [3.8, 4) is 11.5 Å². The average Bonchev–Trinajstić information content (AvgIpc) is 3.37. The van der Waals surface area contributed by atoms with Crippen molar-refractivity contribution in [2.24, 2.45) is 0 Å². The molecule has 9 heteroatoms. The second kappa shape index (κ2) is 9.05. The fourth-order valence-electron chi connectivity index (χ4n) is 4.05. The number of phenols is 1. The van der Waals surface area contributed by atoms with Crippen LogP contribution in [0, 0.1) is 0 Å². The number of benzene rings is 3. The van der Waals surface area contributed by atoms with E-state index < -0.39 is 17.7 Å². The minimum atomic E-state index is -0.956. The van der Waals surface area contributed by atoms with Gasteiger partial charge < -0.3 is 14.9 Å². The van der Waals surface area contributed by atoms with E-state index in [1.165, 1.54) is 28.4 Å². The van der Waals surface area contributed by atoms with Crippen LogP contribution in [0.1, 0.15) is 24.1 Å². The monoisotopic (exact) mass is 506 g/mol. The standard InChI is InChI=1S/C26H19ClN2O5S/c1-2-34-18-5-3-4-15(12-18)23(31)21-22(14-6-9-17(30)10-7-14)29(25(33)24(21)32)26-28-19-11-8-16(27)13-20(19)35-26/h3-13,22,30-31H,2H2,1H3. The molecule has 2 heterocycles. The molecule has 0 aliphatic carbocycles. The maximum Gasteiger partial charge on any atom is 0.301 e.